The van der Waals surface area contributed by atoms with Gasteiger partial charge in [0.05, 0.1) is 30.5 Å². The van der Waals surface area contributed by atoms with Crippen molar-refractivity contribution in [2.24, 2.45) is 0 Å². The Bertz CT molecular complexity index is 1180. The number of carbonyl (C=O) groups is 1. The average Bonchev–Trinajstić information content (AvgIpc) is 2.74. The van der Waals surface area contributed by atoms with E-state index in [1.807, 2.05) is 6.92 Å². The number of anilines is 1. The average molecular weight is 500 g/mol. The summed E-state index contributed by atoms with van der Waals surface area (Å²) in [6.45, 7) is 1.62. The Morgan fingerprint density at radius 2 is 1.67 bits per heavy atom. The highest BCUT2D eigenvalue weighted by Gasteiger charge is 2.24. The minimum absolute atomic E-state index is 0.109. The minimum atomic E-state index is -3.75. The molecule has 182 valence electrons. The summed E-state index contributed by atoms with van der Waals surface area (Å²) in [6, 6.07) is 11.0. The predicted molar refractivity (Wildman–Crippen MR) is 126 cm³/mol. The van der Waals surface area contributed by atoms with Crippen molar-refractivity contribution in [1.29, 1.82) is 0 Å². The summed E-state index contributed by atoms with van der Waals surface area (Å²) in [5.74, 6) is 0.256. The van der Waals surface area contributed by atoms with Crippen molar-refractivity contribution >= 4 is 31.6 Å². The first-order valence-electron chi connectivity index (χ1n) is 9.90. The molecule has 0 atom stereocenters. The molecule has 0 aliphatic heterocycles. The Hall–Kier alpha value is -2.83. The second-order valence-electron chi connectivity index (χ2n) is 7.40. The minimum Gasteiger partial charge on any atom is -0.495 e. The van der Waals surface area contributed by atoms with Crippen LogP contribution in [0.15, 0.2) is 47.4 Å². The van der Waals surface area contributed by atoms with Crippen molar-refractivity contribution in [2.45, 2.75) is 11.8 Å². The van der Waals surface area contributed by atoms with Gasteiger partial charge in [0.2, 0.25) is 26.0 Å². The molecule has 0 saturated heterocycles. The Balaban J connectivity index is 1.96. The van der Waals surface area contributed by atoms with Gasteiger partial charge in [-0.05, 0) is 48.9 Å². The van der Waals surface area contributed by atoms with Crippen LogP contribution in [0.5, 0.6) is 11.5 Å². The molecule has 0 saturated carbocycles. The Labute approximate surface area is 195 Å². The molecule has 2 aromatic carbocycles. The number of ether oxygens (including phenoxy) is 2. The smallest absolute Gasteiger partial charge is 0.242 e. The lowest BCUT2D eigenvalue weighted by molar-refractivity contribution is -0.119. The van der Waals surface area contributed by atoms with E-state index in [0.717, 1.165) is 20.4 Å². The SMILES string of the molecule is COc1ccc(C)cc1N(CC(=O)NCCOc1ccc(S(=O)(=O)N(C)C)cc1)S(C)(=O)=O. The summed E-state index contributed by atoms with van der Waals surface area (Å²) in [4.78, 5) is 12.5. The van der Waals surface area contributed by atoms with Crippen LogP contribution in [0.2, 0.25) is 0 Å². The van der Waals surface area contributed by atoms with Crippen molar-refractivity contribution in [1.82, 2.24) is 9.62 Å². The van der Waals surface area contributed by atoms with E-state index in [0.29, 0.717) is 11.5 Å². The standard InChI is InChI=1S/C21H29N3O7S2/c1-16-6-11-20(30-4)19(14-16)24(32(5,26)27)15-21(25)22-12-13-31-17-7-9-18(10-8-17)33(28,29)23(2)3/h6-11,14H,12-13,15H2,1-5H3,(H,22,25). The predicted octanol–water partition coefficient (Wildman–Crippen LogP) is 1.22. The lowest BCUT2D eigenvalue weighted by Crippen LogP contribution is -2.41. The molecule has 0 radical (unpaired) electrons. The van der Waals surface area contributed by atoms with Crippen molar-refractivity contribution in [2.75, 3.05) is 51.5 Å². The molecule has 2 rings (SSSR count). The number of aryl methyl sites for hydroxylation is 1. The number of rotatable bonds is 11. The van der Waals surface area contributed by atoms with E-state index in [9.17, 15) is 21.6 Å². The van der Waals surface area contributed by atoms with Crippen LogP contribution in [0.25, 0.3) is 0 Å². The number of sulfonamides is 2. The lowest BCUT2D eigenvalue weighted by atomic mass is 10.2. The number of hydrogen-bond acceptors (Lipinski definition) is 7. The van der Waals surface area contributed by atoms with E-state index < -0.39 is 32.5 Å². The molecule has 0 spiro atoms. The number of methoxy groups -OCH3 is 1. The third-order valence-electron chi connectivity index (χ3n) is 4.59. The molecule has 0 aliphatic carbocycles. The third kappa shape index (κ3) is 7.07. The van der Waals surface area contributed by atoms with Gasteiger partial charge >= 0.3 is 0 Å². The first-order chi connectivity index (χ1) is 15.4. The first-order valence-corrected chi connectivity index (χ1v) is 13.2. The van der Waals surface area contributed by atoms with Crippen molar-refractivity contribution in [3.8, 4) is 11.5 Å². The fourth-order valence-electron chi connectivity index (χ4n) is 2.84. The zero-order chi connectivity index (χ0) is 24.8. The summed E-state index contributed by atoms with van der Waals surface area (Å²) in [5, 5.41) is 2.61. The number of nitrogens with zero attached hydrogens (tertiary/aromatic N) is 2. The van der Waals surface area contributed by atoms with E-state index in [1.165, 1.54) is 45.5 Å². The van der Waals surface area contributed by atoms with E-state index >= 15 is 0 Å². The van der Waals surface area contributed by atoms with Crippen LogP contribution in [-0.4, -0.2) is 74.2 Å². The van der Waals surface area contributed by atoms with Gasteiger partial charge in [-0.3, -0.25) is 9.10 Å². The molecule has 0 aliphatic rings. The molecular formula is C21H29N3O7S2. The maximum atomic E-state index is 12.4. The van der Waals surface area contributed by atoms with Crippen LogP contribution in [0.3, 0.4) is 0 Å². The van der Waals surface area contributed by atoms with Crippen LogP contribution in [-0.2, 0) is 24.8 Å². The quantitative estimate of drug-likeness (QED) is 0.461. The van der Waals surface area contributed by atoms with E-state index in [4.69, 9.17) is 9.47 Å². The molecule has 1 N–H and O–H groups in total. The highest BCUT2D eigenvalue weighted by atomic mass is 32.2. The van der Waals surface area contributed by atoms with Gasteiger partial charge in [-0.2, -0.15) is 0 Å². The van der Waals surface area contributed by atoms with Crippen LogP contribution < -0.4 is 19.1 Å². The summed E-state index contributed by atoms with van der Waals surface area (Å²) < 4.78 is 61.7. The fraction of sp³-hybridized carbons (Fsp3) is 0.381. The lowest BCUT2D eigenvalue weighted by Gasteiger charge is -2.24. The number of carbonyl (C=O) groups excluding carboxylic acids is 1. The molecule has 0 fully saturated rings. The second kappa shape index (κ2) is 10.9. The molecule has 1 amide bonds. The van der Waals surface area contributed by atoms with E-state index in [1.54, 1.807) is 18.2 Å². The van der Waals surface area contributed by atoms with Gasteiger partial charge in [-0.25, -0.2) is 21.1 Å². The summed E-state index contributed by atoms with van der Waals surface area (Å²) in [7, 11) is -2.96. The first kappa shape index (κ1) is 26.4. The highest BCUT2D eigenvalue weighted by Crippen LogP contribution is 2.30. The molecule has 0 bridgehead atoms. The van der Waals surface area contributed by atoms with Crippen molar-refractivity contribution in [3.63, 3.8) is 0 Å². The highest BCUT2D eigenvalue weighted by molar-refractivity contribution is 7.92. The van der Waals surface area contributed by atoms with Crippen LogP contribution in [0.4, 0.5) is 5.69 Å². The third-order valence-corrected chi connectivity index (χ3v) is 7.54. The van der Waals surface area contributed by atoms with Gasteiger partial charge in [0.25, 0.3) is 0 Å². The maximum absolute atomic E-state index is 12.4. The van der Waals surface area contributed by atoms with Gasteiger partial charge in [0.1, 0.15) is 24.7 Å². The van der Waals surface area contributed by atoms with Crippen LogP contribution in [0.1, 0.15) is 5.56 Å². The van der Waals surface area contributed by atoms with E-state index in [-0.39, 0.29) is 23.7 Å². The zero-order valence-corrected chi connectivity index (χ0v) is 20.9. The maximum Gasteiger partial charge on any atom is 0.242 e. The molecule has 0 aromatic heterocycles. The molecule has 2 aromatic rings. The molecule has 33 heavy (non-hydrogen) atoms. The monoisotopic (exact) mass is 499 g/mol. The second-order valence-corrected chi connectivity index (χ2v) is 11.5. The van der Waals surface area contributed by atoms with Gasteiger partial charge < -0.3 is 14.8 Å². The number of hydrogen-bond donors (Lipinski definition) is 1. The van der Waals surface area contributed by atoms with Gasteiger partial charge in [-0.1, -0.05) is 6.07 Å². The fourth-order valence-corrected chi connectivity index (χ4v) is 4.59. The van der Waals surface area contributed by atoms with Gasteiger partial charge in [0, 0.05) is 14.1 Å². The summed E-state index contributed by atoms with van der Waals surface area (Å²) in [5.41, 5.74) is 1.09. The van der Waals surface area contributed by atoms with Crippen LogP contribution >= 0.6 is 0 Å². The van der Waals surface area contributed by atoms with Crippen LogP contribution in [0, 0.1) is 6.92 Å². The number of nitrogens with one attached hydrogen (secondary N) is 1. The molecule has 12 heteroatoms. The van der Waals surface area contributed by atoms with Crippen molar-refractivity contribution < 1.29 is 31.1 Å². The molecule has 0 unspecified atom stereocenters. The Morgan fingerprint density at radius 3 is 2.21 bits per heavy atom. The summed E-state index contributed by atoms with van der Waals surface area (Å²) >= 11 is 0. The van der Waals surface area contributed by atoms with E-state index in [2.05, 4.69) is 5.32 Å². The number of amides is 1. The Morgan fingerprint density at radius 1 is 1.03 bits per heavy atom. The van der Waals surface area contributed by atoms with Gasteiger partial charge in [-0.15, -0.1) is 0 Å². The Kier molecular flexibility index (Phi) is 8.69. The van der Waals surface area contributed by atoms with Crippen molar-refractivity contribution in [3.05, 3.63) is 48.0 Å². The molecule has 0 heterocycles. The number of benzene rings is 2. The summed E-state index contributed by atoms with van der Waals surface area (Å²) in [6.07, 6.45) is 1.02. The van der Waals surface area contributed by atoms with Gasteiger partial charge in [0.15, 0.2) is 0 Å². The largest absolute Gasteiger partial charge is 0.495 e. The zero-order valence-electron chi connectivity index (χ0n) is 19.2. The normalized spacial score (nSPS) is 11.8. The molecule has 10 nitrogen and oxygen atoms in total. The topological polar surface area (TPSA) is 122 Å². The molecular weight excluding hydrogens is 470 g/mol.